The van der Waals surface area contributed by atoms with Crippen LogP contribution in [0.3, 0.4) is 0 Å². The van der Waals surface area contributed by atoms with E-state index >= 15 is 0 Å². The van der Waals surface area contributed by atoms with E-state index in [1.807, 2.05) is 66.1 Å². The van der Waals surface area contributed by atoms with Gasteiger partial charge in [-0.3, -0.25) is 9.36 Å². The molecule has 1 aliphatic rings. The van der Waals surface area contributed by atoms with Crippen LogP contribution in [0.5, 0.6) is 0 Å². The summed E-state index contributed by atoms with van der Waals surface area (Å²) in [4.78, 5) is 18.4. The molecular formula is C26H22Cl2N4O. The first-order valence-electron chi connectivity index (χ1n) is 10.8. The zero-order chi connectivity index (χ0) is 23.1. The van der Waals surface area contributed by atoms with Crippen LogP contribution in [0, 0.1) is 0 Å². The van der Waals surface area contributed by atoms with Crippen molar-refractivity contribution >= 4 is 51.8 Å². The molecule has 3 aromatic carbocycles. The number of rotatable bonds is 4. The molecular weight excluding hydrogens is 455 g/mol. The molecule has 4 aromatic rings. The average Bonchev–Trinajstić information content (AvgIpc) is 3.16. The zero-order valence-corrected chi connectivity index (χ0v) is 19.7. The van der Waals surface area contributed by atoms with Crippen LogP contribution in [0.25, 0.3) is 11.0 Å². The summed E-state index contributed by atoms with van der Waals surface area (Å²) in [7, 11) is 0. The maximum absolute atomic E-state index is 13.7. The highest BCUT2D eigenvalue weighted by molar-refractivity contribution is 6.35. The highest BCUT2D eigenvalue weighted by atomic mass is 35.5. The van der Waals surface area contributed by atoms with Crippen LogP contribution < -0.4 is 10.6 Å². The Morgan fingerprint density at radius 2 is 1.85 bits per heavy atom. The number of para-hydroxylation sites is 2. The molecule has 2 heterocycles. The van der Waals surface area contributed by atoms with Gasteiger partial charge in [0.1, 0.15) is 0 Å². The minimum atomic E-state index is -0.478. The number of carbonyl (C=O) groups excluding carboxylic acids is 1. The number of benzene rings is 3. The molecule has 0 aliphatic carbocycles. The van der Waals surface area contributed by atoms with Gasteiger partial charge in [-0.25, -0.2) is 4.98 Å². The smallest absolute Gasteiger partial charge is 0.255 e. The fraction of sp³-hybridized carbons (Fsp3) is 0.154. The van der Waals surface area contributed by atoms with Crippen molar-refractivity contribution < 1.29 is 4.79 Å². The number of aryl methyl sites for hydroxylation is 1. The molecule has 0 fully saturated rings. The molecule has 33 heavy (non-hydrogen) atoms. The van der Waals surface area contributed by atoms with Crippen molar-refractivity contribution in [2.24, 2.45) is 0 Å². The predicted molar refractivity (Wildman–Crippen MR) is 135 cm³/mol. The second-order valence-electron chi connectivity index (χ2n) is 8.03. The summed E-state index contributed by atoms with van der Waals surface area (Å²) in [5.74, 6) is 0.456. The van der Waals surface area contributed by atoms with Crippen LogP contribution in [-0.4, -0.2) is 15.5 Å². The van der Waals surface area contributed by atoms with E-state index in [1.165, 1.54) is 5.56 Å². The first-order chi connectivity index (χ1) is 16.0. The highest BCUT2D eigenvalue weighted by Crippen LogP contribution is 2.42. The van der Waals surface area contributed by atoms with Crippen molar-refractivity contribution in [1.82, 2.24) is 9.55 Å². The Labute approximate surface area is 202 Å². The number of nitrogens with one attached hydrogen (secondary N) is 2. The fourth-order valence-electron chi connectivity index (χ4n) is 4.30. The van der Waals surface area contributed by atoms with Crippen LogP contribution in [0.1, 0.15) is 31.0 Å². The van der Waals surface area contributed by atoms with E-state index in [0.717, 1.165) is 34.4 Å². The molecule has 1 aromatic heterocycles. The Bertz CT molecular complexity index is 1410. The third-order valence-electron chi connectivity index (χ3n) is 5.95. The van der Waals surface area contributed by atoms with Crippen LogP contribution in [0.4, 0.5) is 11.6 Å². The molecule has 0 unspecified atom stereocenters. The predicted octanol–water partition coefficient (Wildman–Crippen LogP) is 6.83. The standard InChI is InChI=1S/C26H22Cl2N4O/c1-3-16-8-11-18(12-9-16)30-25(33)23-15(2)29-26-31-21-6-4-5-7-22(21)32(26)24(23)19-13-10-17(27)14-20(19)28/h4-14,24H,3H2,1-2H3,(H,29,31)(H,30,33)/t24-/m0/s1. The van der Waals surface area contributed by atoms with Gasteiger partial charge < -0.3 is 10.6 Å². The molecule has 1 amide bonds. The summed E-state index contributed by atoms with van der Waals surface area (Å²) in [6, 6.07) is 20.6. The Hall–Kier alpha value is -3.28. The number of imidazole rings is 1. The molecule has 5 rings (SSSR count). The molecule has 7 heteroatoms. The molecule has 1 aliphatic heterocycles. The van der Waals surface area contributed by atoms with E-state index in [-0.39, 0.29) is 5.91 Å². The van der Waals surface area contributed by atoms with Crippen molar-refractivity contribution in [2.45, 2.75) is 26.3 Å². The first-order valence-corrected chi connectivity index (χ1v) is 11.5. The maximum atomic E-state index is 13.7. The van der Waals surface area contributed by atoms with Gasteiger partial charge in [-0.15, -0.1) is 0 Å². The van der Waals surface area contributed by atoms with Gasteiger partial charge >= 0.3 is 0 Å². The summed E-state index contributed by atoms with van der Waals surface area (Å²) in [5.41, 5.74) is 5.74. The number of halogens is 2. The lowest BCUT2D eigenvalue weighted by Gasteiger charge is -2.31. The quantitative estimate of drug-likeness (QED) is 0.339. The zero-order valence-electron chi connectivity index (χ0n) is 18.2. The molecule has 0 radical (unpaired) electrons. The third kappa shape index (κ3) is 3.88. The van der Waals surface area contributed by atoms with Gasteiger partial charge in [-0.2, -0.15) is 0 Å². The van der Waals surface area contributed by atoms with E-state index in [4.69, 9.17) is 28.2 Å². The SMILES string of the molecule is CCc1ccc(NC(=O)C2=C(C)Nc3nc4ccccc4n3[C@H]2c2ccc(Cl)cc2Cl)cc1. The molecule has 0 bridgehead atoms. The Morgan fingerprint density at radius 1 is 1.09 bits per heavy atom. The number of carbonyl (C=O) groups is 1. The van der Waals surface area contributed by atoms with E-state index in [0.29, 0.717) is 21.6 Å². The molecule has 1 atom stereocenters. The van der Waals surface area contributed by atoms with Gasteiger partial charge in [-0.1, -0.05) is 60.5 Å². The van der Waals surface area contributed by atoms with Crippen LogP contribution in [0.15, 0.2) is 78.0 Å². The summed E-state index contributed by atoms with van der Waals surface area (Å²) >= 11 is 12.8. The van der Waals surface area contributed by atoms with Gasteiger partial charge in [0.05, 0.1) is 22.6 Å². The van der Waals surface area contributed by atoms with Gasteiger partial charge in [-0.05, 0) is 60.9 Å². The van der Waals surface area contributed by atoms with Gasteiger partial charge in [0.15, 0.2) is 0 Å². The molecule has 0 saturated heterocycles. The lowest BCUT2D eigenvalue weighted by molar-refractivity contribution is -0.113. The average molecular weight is 477 g/mol. The number of allylic oxidation sites excluding steroid dienone is 1. The summed E-state index contributed by atoms with van der Waals surface area (Å²) in [6.07, 6.45) is 0.941. The minimum absolute atomic E-state index is 0.205. The number of hydrogen-bond donors (Lipinski definition) is 2. The minimum Gasteiger partial charge on any atom is -0.329 e. The molecule has 0 saturated carbocycles. The van der Waals surface area contributed by atoms with Gasteiger partial charge in [0.2, 0.25) is 5.95 Å². The monoisotopic (exact) mass is 476 g/mol. The maximum Gasteiger partial charge on any atom is 0.255 e. The van der Waals surface area contributed by atoms with E-state index < -0.39 is 6.04 Å². The van der Waals surface area contributed by atoms with Crippen LogP contribution >= 0.6 is 23.2 Å². The Balaban J connectivity index is 1.65. The second-order valence-corrected chi connectivity index (χ2v) is 8.87. The highest BCUT2D eigenvalue weighted by Gasteiger charge is 2.35. The number of anilines is 2. The molecule has 2 N–H and O–H groups in total. The molecule has 5 nitrogen and oxygen atoms in total. The van der Waals surface area contributed by atoms with Crippen LogP contribution in [0.2, 0.25) is 10.0 Å². The van der Waals surface area contributed by atoms with Crippen molar-refractivity contribution in [3.05, 3.63) is 99.2 Å². The lowest BCUT2D eigenvalue weighted by Crippen LogP contribution is -2.31. The lowest BCUT2D eigenvalue weighted by atomic mass is 9.94. The normalized spacial score (nSPS) is 15.3. The van der Waals surface area contributed by atoms with Gasteiger partial charge in [0.25, 0.3) is 5.91 Å². The topological polar surface area (TPSA) is 59.0 Å². The van der Waals surface area contributed by atoms with E-state index in [9.17, 15) is 4.79 Å². The van der Waals surface area contributed by atoms with E-state index in [1.54, 1.807) is 12.1 Å². The Kier molecular flexibility index (Phi) is 5.60. The number of amides is 1. The van der Waals surface area contributed by atoms with Crippen molar-refractivity contribution in [3.63, 3.8) is 0 Å². The number of nitrogens with zero attached hydrogens (tertiary/aromatic N) is 2. The van der Waals surface area contributed by atoms with Crippen molar-refractivity contribution in [2.75, 3.05) is 10.6 Å². The Morgan fingerprint density at radius 3 is 2.58 bits per heavy atom. The van der Waals surface area contributed by atoms with Crippen molar-refractivity contribution in [1.29, 1.82) is 0 Å². The summed E-state index contributed by atoms with van der Waals surface area (Å²) < 4.78 is 2.02. The number of hydrogen-bond acceptors (Lipinski definition) is 3. The largest absolute Gasteiger partial charge is 0.329 e. The number of fused-ring (bicyclic) bond motifs is 3. The van der Waals surface area contributed by atoms with Crippen LogP contribution in [-0.2, 0) is 11.2 Å². The summed E-state index contributed by atoms with van der Waals surface area (Å²) in [6.45, 7) is 3.98. The summed E-state index contributed by atoms with van der Waals surface area (Å²) in [5, 5.41) is 7.40. The number of aromatic nitrogens is 2. The van der Waals surface area contributed by atoms with Gasteiger partial charge in [0, 0.05) is 21.4 Å². The molecule has 166 valence electrons. The van der Waals surface area contributed by atoms with E-state index in [2.05, 4.69) is 17.6 Å². The fourth-order valence-corrected chi connectivity index (χ4v) is 4.81. The van der Waals surface area contributed by atoms with Crippen molar-refractivity contribution in [3.8, 4) is 0 Å². The first kappa shape index (κ1) is 21.6. The molecule has 0 spiro atoms. The third-order valence-corrected chi connectivity index (χ3v) is 6.51. The second kappa shape index (κ2) is 8.58.